The van der Waals surface area contributed by atoms with Crippen molar-refractivity contribution in [2.75, 3.05) is 11.9 Å². The SMILES string of the molecule is CCOc1nccc2cc(NC(C)c3ccccc3)ccc12. The summed E-state index contributed by atoms with van der Waals surface area (Å²) in [4.78, 5) is 4.29. The Morgan fingerprint density at radius 1 is 1.09 bits per heavy atom. The van der Waals surface area contributed by atoms with Gasteiger partial charge >= 0.3 is 0 Å². The maximum atomic E-state index is 5.58. The number of fused-ring (bicyclic) bond motifs is 1. The zero-order chi connectivity index (χ0) is 15.4. The number of rotatable bonds is 5. The van der Waals surface area contributed by atoms with Gasteiger partial charge in [-0.1, -0.05) is 30.3 Å². The third-order valence-corrected chi connectivity index (χ3v) is 3.69. The normalized spacial score (nSPS) is 12.1. The molecule has 3 aromatic rings. The van der Waals surface area contributed by atoms with Crippen molar-refractivity contribution >= 4 is 16.5 Å². The molecule has 1 N–H and O–H groups in total. The summed E-state index contributed by atoms with van der Waals surface area (Å²) >= 11 is 0. The summed E-state index contributed by atoms with van der Waals surface area (Å²) < 4.78 is 5.58. The monoisotopic (exact) mass is 292 g/mol. The molecule has 3 heteroatoms. The number of hydrogen-bond donors (Lipinski definition) is 1. The van der Waals surface area contributed by atoms with Gasteiger partial charge in [0, 0.05) is 23.3 Å². The topological polar surface area (TPSA) is 34.1 Å². The van der Waals surface area contributed by atoms with E-state index in [0.717, 1.165) is 16.5 Å². The maximum Gasteiger partial charge on any atom is 0.221 e. The summed E-state index contributed by atoms with van der Waals surface area (Å²) in [6.45, 7) is 4.76. The first kappa shape index (κ1) is 14.4. The van der Waals surface area contributed by atoms with Gasteiger partial charge in [0.25, 0.3) is 0 Å². The first-order chi connectivity index (χ1) is 10.8. The summed E-state index contributed by atoms with van der Waals surface area (Å²) in [6, 6.07) is 19.0. The molecule has 3 nitrogen and oxygen atoms in total. The second-order valence-electron chi connectivity index (χ2n) is 5.26. The Labute approximate surface area is 131 Å². The van der Waals surface area contributed by atoms with E-state index >= 15 is 0 Å². The number of pyridine rings is 1. The van der Waals surface area contributed by atoms with E-state index < -0.39 is 0 Å². The third-order valence-electron chi connectivity index (χ3n) is 3.69. The summed E-state index contributed by atoms with van der Waals surface area (Å²) in [5.41, 5.74) is 2.37. The van der Waals surface area contributed by atoms with Crippen LogP contribution in [0.4, 0.5) is 5.69 Å². The number of anilines is 1. The molecule has 1 unspecified atom stereocenters. The minimum Gasteiger partial charge on any atom is -0.478 e. The van der Waals surface area contributed by atoms with Crippen molar-refractivity contribution in [2.45, 2.75) is 19.9 Å². The summed E-state index contributed by atoms with van der Waals surface area (Å²) in [5, 5.41) is 5.71. The molecule has 0 amide bonds. The quantitative estimate of drug-likeness (QED) is 0.733. The Hall–Kier alpha value is -2.55. The van der Waals surface area contributed by atoms with E-state index in [4.69, 9.17) is 4.74 Å². The van der Waals surface area contributed by atoms with Crippen LogP contribution in [-0.4, -0.2) is 11.6 Å². The molecule has 0 aliphatic carbocycles. The molecule has 1 heterocycles. The molecular weight excluding hydrogens is 272 g/mol. The van der Waals surface area contributed by atoms with Crippen LogP contribution in [-0.2, 0) is 0 Å². The second kappa shape index (κ2) is 6.48. The molecule has 0 spiro atoms. The van der Waals surface area contributed by atoms with E-state index in [1.807, 2.05) is 19.1 Å². The number of aromatic nitrogens is 1. The predicted octanol–water partition coefficient (Wildman–Crippen LogP) is 4.81. The van der Waals surface area contributed by atoms with E-state index in [1.165, 1.54) is 5.56 Å². The molecule has 0 bridgehead atoms. The Kier molecular flexibility index (Phi) is 4.24. The van der Waals surface area contributed by atoms with E-state index in [2.05, 4.69) is 59.7 Å². The minimum absolute atomic E-state index is 0.256. The Bertz CT molecular complexity index is 756. The fraction of sp³-hybridized carbons (Fsp3) is 0.211. The smallest absolute Gasteiger partial charge is 0.221 e. The van der Waals surface area contributed by atoms with Gasteiger partial charge < -0.3 is 10.1 Å². The number of nitrogens with zero attached hydrogens (tertiary/aromatic N) is 1. The Morgan fingerprint density at radius 3 is 2.68 bits per heavy atom. The van der Waals surface area contributed by atoms with E-state index in [9.17, 15) is 0 Å². The molecule has 3 rings (SSSR count). The van der Waals surface area contributed by atoms with E-state index in [1.54, 1.807) is 6.20 Å². The average molecular weight is 292 g/mol. The highest BCUT2D eigenvalue weighted by Gasteiger charge is 2.07. The van der Waals surface area contributed by atoms with Crippen LogP contribution in [0.2, 0.25) is 0 Å². The summed E-state index contributed by atoms with van der Waals surface area (Å²) in [6.07, 6.45) is 1.79. The number of benzene rings is 2. The van der Waals surface area contributed by atoms with Crippen LogP contribution in [0.3, 0.4) is 0 Å². The first-order valence-electron chi connectivity index (χ1n) is 7.61. The van der Waals surface area contributed by atoms with Crippen LogP contribution >= 0.6 is 0 Å². The van der Waals surface area contributed by atoms with Gasteiger partial charge in [0.15, 0.2) is 0 Å². The lowest BCUT2D eigenvalue weighted by atomic mass is 10.1. The molecule has 112 valence electrons. The van der Waals surface area contributed by atoms with Crippen molar-refractivity contribution in [1.29, 1.82) is 0 Å². The van der Waals surface area contributed by atoms with Gasteiger partial charge in [-0.05, 0) is 49.1 Å². The largest absolute Gasteiger partial charge is 0.478 e. The van der Waals surface area contributed by atoms with Crippen LogP contribution in [0.1, 0.15) is 25.5 Å². The molecule has 1 atom stereocenters. The maximum absolute atomic E-state index is 5.58. The van der Waals surface area contributed by atoms with Crippen molar-refractivity contribution in [3.05, 3.63) is 66.4 Å². The molecular formula is C19H20N2O. The van der Waals surface area contributed by atoms with Gasteiger partial charge in [-0.15, -0.1) is 0 Å². The molecule has 0 radical (unpaired) electrons. The molecule has 0 saturated carbocycles. The standard InChI is InChI=1S/C19H20N2O/c1-3-22-19-18-10-9-17(13-16(18)11-12-20-19)21-14(2)15-7-5-4-6-8-15/h4-14,21H,3H2,1-2H3. The highest BCUT2D eigenvalue weighted by Crippen LogP contribution is 2.27. The molecule has 0 aliphatic heterocycles. The van der Waals surface area contributed by atoms with E-state index in [0.29, 0.717) is 12.5 Å². The van der Waals surface area contributed by atoms with Crippen LogP contribution in [0.15, 0.2) is 60.8 Å². The minimum atomic E-state index is 0.256. The number of ether oxygens (including phenoxy) is 1. The Morgan fingerprint density at radius 2 is 1.91 bits per heavy atom. The fourth-order valence-electron chi connectivity index (χ4n) is 2.57. The van der Waals surface area contributed by atoms with Gasteiger partial charge in [-0.25, -0.2) is 4.98 Å². The second-order valence-corrected chi connectivity index (χ2v) is 5.26. The van der Waals surface area contributed by atoms with Crippen LogP contribution in [0, 0.1) is 0 Å². The molecule has 0 saturated heterocycles. The van der Waals surface area contributed by atoms with Crippen LogP contribution < -0.4 is 10.1 Å². The lowest BCUT2D eigenvalue weighted by molar-refractivity contribution is 0.331. The fourth-order valence-corrected chi connectivity index (χ4v) is 2.57. The van der Waals surface area contributed by atoms with Crippen molar-refractivity contribution in [2.24, 2.45) is 0 Å². The zero-order valence-corrected chi connectivity index (χ0v) is 12.9. The van der Waals surface area contributed by atoms with Gasteiger partial charge in [0.05, 0.1) is 6.61 Å². The first-order valence-corrected chi connectivity index (χ1v) is 7.61. The highest BCUT2D eigenvalue weighted by molar-refractivity contribution is 5.89. The third kappa shape index (κ3) is 3.03. The molecule has 1 aromatic heterocycles. The van der Waals surface area contributed by atoms with Crippen LogP contribution in [0.25, 0.3) is 10.8 Å². The average Bonchev–Trinajstić information content (AvgIpc) is 2.56. The lowest BCUT2D eigenvalue weighted by Crippen LogP contribution is -2.06. The molecule has 22 heavy (non-hydrogen) atoms. The van der Waals surface area contributed by atoms with Crippen molar-refractivity contribution in [3.8, 4) is 5.88 Å². The molecule has 2 aromatic carbocycles. The Balaban J connectivity index is 1.86. The number of nitrogens with one attached hydrogen (secondary N) is 1. The van der Waals surface area contributed by atoms with Crippen molar-refractivity contribution in [3.63, 3.8) is 0 Å². The van der Waals surface area contributed by atoms with Gasteiger partial charge in [-0.2, -0.15) is 0 Å². The van der Waals surface area contributed by atoms with Gasteiger partial charge in [-0.3, -0.25) is 0 Å². The van der Waals surface area contributed by atoms with Gasteiger partial charge in [0.1, 0.15) is 0 Å². The van der Waals surface area contributed by atoms with Crippen molar-refractivity contribution < 1.29 is 4.74 Å². The lowest BCUT2D eigenvalue weighted by Gasteiger charge is -2.16. The zero-order valence-electron chi connectivity index (χ0n) is 12.9. The van der Waals surface area contributed by atoms with Crippen molar-refractivity contribution in [1.82, 2.24) is 4.98 Å². The summed E-state index contributed by atoms with van der Waals surface area (Å²) in [7, 11) is 0. The molecule has 0 aliphatic rings. The highest BCUT2D eigenvalue weighted by atomic mass is 16.5. The number of hydrogen-bond acceptors (Lipinski definition) is 3. The van der Waals surface area contributed by atoms with Gasteiger partial charge in [0.2, 0.25) is 5.88 Å². The van der Waals surface area contributed by atoms with Crippen LogP contribution in [0.5, 0.6) is 5.88 Å². The summed E-state index contributed by atoms with van der Waals surface area (Å²) in [5.74, 6) is 0.697. The molecule has 0 fully saturated rings. The van der Waals surface area contributed by atoms with E-state index in [-0.39, 0.29) is 6.04 Å². The predicted molar refractivity (Wildman–Crippen MR) is 91.4 cm³/mol.